The lowest BCUT2D eigenvalue weighted by Crippen LogP contribution is -2.27. The Morgan fingerprint density at radius 2 is 2.12 bits per heavy atom. The second-order valence-corrected chi connectivity index (χ2v) is 4.47. The van der Waals surface area contributed by atoms with E-state index >= 15 is 0 Å². The number of rotatable bonds is 2. The van der Waals surface area contributed by atoms with Gasteiger partial charge in [0.2, 0.25) is 0 Å². The molecule has 1 aliphatic rings. The molecule has 1 aromatic carbocycles. The molecule has 1 saturated heterocycles. The molecule has 2 heterocycles. The Morgan fingerprint density at radius 1 is 1.24 bits per heavy atom. The van der Waals surface area contributed by atoms with Crippen molar-refractivity contribution in [1.29, 1.82) is 0 Å². The van der Waals surface area contributed by atoms with E-state index in [1.54, 1.807) is 5.31 Å². The normalized spacial score (nSPS) is 22.4. The smallest absolute Gasteiger partial charge is 0.123 e. The van der Waals surface area contributed by atoms with Crippen molar-refractivity contribution in [2.45, 2.75) is 25.3 Å². The van der Waals surface area contributed by atoms with E-state index in [4.69, 9.17) is 1.41 Å². The first-order valence-electron chi connectivity index (χ1n) is 6.65. The lowest BCUT2D eigenvalue weighted by Gasteiger charge is -2.21. The number of aromatic amines is 1. The highest BCUT2D eigenvalue weighted by Crippen LogP contribution is 2.23. The predicted molar refractivity (Wildman–Crippen MR) is 68.6 cm³/mol. The summed E-state index contributed by atoms with van der Waals surface area (Å²) >= 11 is 0. The van der Waals surface area contributed by atoms with Crippen LogP contribution in [0.4, 0.5) is 0 Å². The summed E-state index contributed by atoms with van der Waals surface area (Å²) in [6, 6.07) is 10.3. The third-order valence-corrected chi connectivity index (χ3v) is 3.23. The first-order valence-corrected chi connectivity index (χ1v) is 6.20. The van der Waals surface area contributed by atoms with Crippen LogP contribution in [-0.2, 0) is 0 Å². The summed E-state index contributed by atoms with van der Waals surface area (Å²) in [5.74, 6) is 0.920. The fourth-order valence-electron chi connectivity index (χ4n) is 2.28. The standard InChI is InChI=1S/C14H17N3/c1-2-6-11(7-3-1)13-10-16-14(17-13)12-8-4-5-9-15-12/h1-3,6-7,10,12,15H,4-5,8-9H2,(H,16,17)/i/hD. The van der Waals surface area contributed by atoms with Crippen molar-refractivity contribution in [2.24, 2.45) is 0 Å². The van der Waals surface area contributed by atoms with Crippen molar-refractivity contribution >= 4 is 0 Å². The van der Waals surface area contributed by atoms with Gasteiger partial charge in [0.15, 0.2) is 0 Å². The Labute approximate surface area is 103 Å². The number of imidazole rings is 1. The molecule has 1 aliphatic heterocycles. The van der Waals surface area contributed by atoms with E-state index in [0.717, 1.165) is 36.5 Å². The maximum atomic E-state index is 7.95. The molecule has 0 amide bonds. The van der Waals surface area contributed by atoms with Gasteiger partial charge < -0.3 is 10.3 Å². The first-order chi connectivity index (χ1) is 8.84. The van der Waals surface area contributed by atoms with E-state index in [0.29, 0.717) is 0 Å². The summed E-state index contributed by atoms with van der Waals surface area (Å²) in [5, 5.41) is 1.65. The molecule has 0 bridgehead atoms. The summed E-state index contributed by atoms with van der Waals surface area (Å²) in [5.41, 5.74) is 2.17. The molecule has 2 N–H and O–H groups in total. The SMILES string of the molecule is [2H]N1CCCCC1c1ncc(-c2ccccc2)[nH]1. The first kappa shape index (κ1) is 9.42. The van der Waals surface area contributed by atoms with Gasteiger partial charge in [-0.2, -0.15) is 0 Å². The zero-order chi connectivity index (χ0) is 12.4. The van der Waals surface area contributed by atoms with Gasteiger partial charge in [-0.3, -0.25) is 0 Å². The number of nitrogens with zero attached hydrogens (tertiary/aromatic N) is 1. The second-order valence-electron chi connectivity index (χ2n) is 4.47. The Morgan fingerprint density at radius 3 is 2.94 bits per heavy atom. The minimum Gasteiger partial charge on any atom is -0.341 e. The molecule has 1 fully saturated rings. The average molecular weight is 228 g/mol. The lowest BCUT2D eigenvalue weighted by molar-refractivity contribution is 0.399. The van der Waals surface area contributed by atoms with Crippen LogP contribution in [0, 0.1) is 0 Å². The second kappa shape index (κ2) is 4.72. The van der Waals surface area contributed by atoms with E-state index in [2.05, 4.69) is 22.1 Å². The third kappa shape index (κ3) is 2.24. The molecular formula is C14H17N3. The van der Waals surface area contributed by atoms with E-state index < -0.39 is 0 Å². The lowest BCUT2D eigenvalue weighted by atomic mass is 10.0. The maximum absolute atomic E-state index is 7.95. The van der Waals surface area contributed by atoms with E-state index in [9.17, 15) is 0 Å². The number of nitrogens with one attached hydrogen (secondary N) is 2. The van der Waals surface area contributed by atoms with Crippen LogP contribution in [0.1, 0.15) is 31.1 Å². The van der Waals surface area contributed by atoms with Crippen LogP contribution >= 0.6 is 0 Å². The van der Waals surface area contributed by atoms with Gasteiger partial charge in [0.1, 0.15) is 7.24 Å². The predicted octanol–water partition coefficient (Wildman–Crippen LogP) is 2.89. The Kier molecular flexibility index (Phi) is 2.61. The van der Waals surface area contributed by atoms with Crippen LogP contribution in [0.2, 0.25) is 1.41 Å². The molecule has 88 valence electrons. The fourth-order valence-corrected chi connectivity index (χ4v) is 2.28. The minimum atomic E-state index is 0.121. The molecule has 1 aromatic heterocycles. The van der Waals surface area contributed by atoms with Gasteiger partial charge in [0.25, 0.3) is 0 Å². The molecule has 17 heavy (non-hydrogen) atoms. The summed E-state index contributed by atoms with van der Waals surface area (Å²) < 4.78 is 7.95. The van der Waals surface area contributed by atoms with Crippen molar-refractivity contribution in [3.63, 3.8) is 0 Å². The van der Waals surface area contributed by atoms with Crippen LogP contribution in [0.25, 0.3) is 11.3 Å². The number of aromatic nitrogens is 2. The Balaban J connectivity index is 1.85. The van der Waals surface area contributed by atoms with Crippen molar-refractivity contribution in [3.8, 4) is 11.3 Å². The van der Waals surface area contributed by atoms with E-state index in [1.165, 1.54) is 6.42 Å². The topological polar surface area (TPSA) is 40.7 Å². The highest BCUT2D eigenvalue weighted by Gasteiger charge is 2.17. The number of benzene rings is 1. The van der Waals surface area contributed by atoms with Crippen molar-refractivity contribution in [3.05, 3.63) is 42.4 Å². The summed E-state index contributed by atoms with van der Waals surface area (Å²) in [4.78, 5) is 7.81. The maximum Gasteiger partial charge on any atom is 0.123 e. The van der Waals surface area contributed by atoms with Crippen LogP contribution in [0.3, 0.4) is 0 Å². The van der Waals surface area contributed by atoms with Gasteiger partial charge in [0.05, 0.1) is 17.9 Å². The number of hydrogen-bond acceptors (Lipinski definition) is 2. The van der Waals surface area contributed by atoms with Gasteiger partial charge in [0, 0.05) is 0 Å². The van der Waals surface area contributed by atoms with Crippen LogP contribution < -0.4 is 5.31 Å². The quantitative estimate of drug-likeness (QED) is 0.829. The number of H-pyrrole nitrogens is 1. The highest BCUT2D eigenvalue weighted by atomic mass is 15.0. The molecule has 1 atom stereocenters. The molecule has 2 aromatic rings. The summed E-state index contributed by atoms with van der Waals surface area (Å²) in [6.07, 6.45) is 5.19. The minimum absolute atomic E-state index is 0.121. The molecule has 3 nitrogen and oxygen atoms in total. The average Bonchev–Trinajstić information content (AvgIpc) is 2.90. The van der Waals surface area contributed by atoms with Crippen LogP contribution in [0.5, 0.6) is 0 Å². The zero-order valence-corrected chi connectivity index (χ0v) is 9.76. The molecule has 0 saturated carbocycles. The number of hydrogen-bond donors (Lipinski definition) is 2. The highest BCUT2D eigenvalue weighted by molar-refractivity contribution is 5.58. The third-order valence-electron chi connectivity index (χ3n) is 3.23. The van der Waals surface area contributed by atoms with Gasteiger partial charge in [-0.25, -0.2) is 4.98 Å². The molecular weight excluding hydrogens is 210 g/mol. The molecule has 0 spiro atoms. The Bertz CT molecular complexity index is 509. The van der Waals surface area contributed by atoms with Crippen molar-refractivity contribution in [1.82, 2.24) is 15.3 Å². The summed E-state index contributed by atoms with van der Waals surface area (Å²) in [7, 11) is 0. The molecule has 0 radical (unpaired) electrons. The van der Waals surface area contributed by atoms with Crippen molar-refractivity contribution in [2.75, 3.05) is 6.54 Å². The molecule has 1 unspecified atom stereocenters. The van der Waals surface area contributed by atoms with Gasteiger partial charge in [-0.1, -0.05) is 36.8 Å². The fraction of sp³-hybridized carbons (Fsp3) is 0.357. The van der Waals surface area contributed by atoms with E-state index in [-0.39, 0.29) is 6.04 Å². The van der Waals surface area contributed by atoms with E-state index in [1.807, 2.05) is 24.4 Å². The van der Waals surface area contributed by atoms with Crippen LogP contribution in [-0.4, -0.2) is 16.5 Å². The summed E-state index contributed by atoms with van der Waals surface area (Å²) in [6.45, 7) is 0.839. The Hall–Kier alpha value is -1.61. The van der Waals surface area contributed by atoms with Gasteiger partial charge >= 0.3 is 0 Å². The van der Waals surface area contributed by atoms with Gasteiger partial charge in [-0.15, -0.1) is 0 Å². The monoisotopic (exact) mass is 228 g/mol. The van der Waals surface area contributed by atoms with Crippen molar-refractivity contribution < 1.29 is 1.41 Å². The molecule has 0 aliphatic carbocycles. The molecule has 3 heteroatoms. The largest absolute Gasteiger partial charge is 0.341 e. The van der Waals surface area contributed by atoms with Gasteiger partial charge in [-0.05, 0) is 24.9 Å². The zero-order valence-electron chi connectivity index (χ0n) is 10.8. The van der Waals surface area contributed by atoms with Crippen LogP contribution in [0.15, 0.2) is 36.5 Å². The molecule has 3 rings (SSSR count). The number of piperidine rings is 1.